The lowest BCUT2D eigenvalue weighted by Crippen LogP contribution is -2.36. The average molecular weight is 349 g/mol. The average Bonchev–Trinajstić information content (AvgIpc) is 3.06. The molecule has 4 rings (SSSR count). The van der Waals surface area contributed by atoms with Crippen molar-refractivity contribution < 1.29 is 9.53 Å². The smallest absolute Gasteiger partial charge is 0.224 e. The maximum absolute atomic E-state index is 12.6. The SMILES string of the molecule is COc1ccc(NCCC(=O)N2CCc3[nH]c4ccccc4c3C2)cc1. The molecule has 0 saturated carbocycles. The standard InChI is InChI=1S/C21H23N3O2/c1-26-16-8-6-15(7-9-16)22-12-10-21(25)24-13-11-20-18(14-24)17-4-2-3-5-19(17)23-20/h2-9,22-23H,10-14H2,1H3. The van der Waals surface area contributed by atoms with E-state index in [1.165, 1.54) is 16.6 Å². The first-order valence-corrected chi connectivity index (χ1v) is 8.99. The van der Waals surface area contributed by atoms with Gasteiger partial charge < -0.3 is 19.9 Å². The highest BCUT2D eigenvalue weighted by Gasteiger charge is 2.23. The van der Waals surface area contributed by atoms with E-state index in [-0.39, 0.29) is 5.91 Å². The minimum atomic E-state index is 0.196. The summed E-state index contributed by atoms with van der Waals surface area (Å²) >= 11 is 0. The molecule has 1 aliphatic rings. The molecule has 0 saturated heterocycles. The number of nitrogens with one attached hydrogen (secondary N) is 2. The van der Waals surface area contributed by atoms with Crippen LogP contribution < -0.4 is 10.1 Å². The lowest BCUT2D eigenvalue weighted by Gasteiger charge is -2.27. The van der Waals surface area contributed by atoms with E-state index in [0.29, 0.717) is 19.5 Å². The summed E-state index contributed by atoms with van der Waals surface area (Å²) in [6.45, 7) is 2.10. The van der Waals surface area contributed by atoms with Crippen LogP contribution in [0.4, 0.5) is 5.69 Å². The second kappa shape index (κ2) is 7.12. The number of para-hydroxylation sites is 1. The Morgan fingerprint density at radius 1 is 1.19 bits per heavy atom. The summed E-state index contributed by atoms with van der Waals surface area (Å²) in [4.78, 5) is 18.1. The number of amides is 1. The number of hydrogen-bond donors (Lipinski definition) is 2. The molecule has 0 radical (unpaired) electrons. The summed E-state index contributed by atoms with van der Waals surface area (Å²) in [5.74, 6) is 1.02. The number of aromatic nitrogens is 1. The number of H-pyrrole nitrogens is 1. The van der Waals surface area contributed by atoms with Crippen molar-refractivity contribution >= 4 is 22.5 Å². The van der Waals surface area contributed by atoms with Gasteiger partial charge in [0.15, 0.2) is 0 Å². The highest BCUT2D eigenvalue weighted by molar-refractivity contribution is 5.86. The number of methoxy groups -OCH3 is 1. The molecule has 3 aromatic rings. The van der Waals surface area contributed by atoms with Gasteiger partial charge in [-0.05, 0) is 30.3 Å². The Labute approximate surface area is 153 Å². The molecule has 2 N–H and O–H groups in total. The predicted octanol–water partition coefficient (Wildman–Crippen LogP) is 3.56. The Bertz CT molecular complexity index is 915. The van der Waals surface area contributed by atoms with E-state index in [1.54, 1.807) is 7.11 Å². The normalized spacial score (nSPS) is 13.5. The number of rotatable bonds is 5. The van der Waals surface area contributed by atoms with E-state index in [1.807, 2.05) is 35.2 Å². The molecular weight excluding hydrogens is 326 g/mol. The first-order valence-electron chi connectivity index (χ1n) is 8.99. The van der Waals surface area contributed by atoms with Crippen molar-refractivity contribution in [1.29, 1.82) is 0 Å². The number of fused-ring (bicyclic) bond motifs is 3. The van der Waals surface area contributed by atoms with E-state index in [0.717, 1.165) is 29.9 Å². The van der Waals surface area contributed by atoms with Crippen LogP contribution in [0.5, 0.6) is 5.75 Å². The zero-order valence-corrected chi connectivity index (χ0v) is 14.9. The fraction of sp³-hybridized carbons (Fsp3) is 0.286. The van der Waals surface area contributed by atoms with E-state index >= 15 is 0 Å². The molecule has 2 aromatic carbocycles. The number of carbonyl (C=O) groups is 1. The van der Waals surface area contributed by atoms with E-state index in [2.05, 4.69) is 28.5 Å². The lowest BCUT2D eigenvalue weighted by molar-refractivity contribution is -0.131. The fourth-order valence-corrected chi connectivity index (χ4v) is 3.56. The number of ether oxygens (including phenoxy) is 1. The molecule has 0 unspecified atom stereocenters. The predicted molar refractivity (Wildman–Crippen MR) is 104 cm³/mol. The van der Waals surface area contributed by atoms with Crippen LogP contribution in [0.2, 0.25) is 0 Å². The van der Waals surface area contributed by atoms with Crippen LogP contribution in [0.1, 0.15) is 17.7 Å². The molecule has 5 nitrogen and oxygen atoms in total. The minimum absolute atomic E-state index is 0.196. The largest absolute Gasteiger partial charge is 0.497 e. The van der Waals surface area contributed by atoms with Gasteiger partial charge in [0.05, 0.1) is 7.11 Å². The number of hydrogen-bond acceptors (Lipinski definition) is 3. The molecule has 2 heterocycles. The third-order valence-corrected chi connectivity index (χ3v) is 4.99. The fourth-order valence-electron chi connectivity index (χ4n) is 3.56. The Hall–Kier alpha value is -2.95. The molecule has 134 valence electrons. The topological polar surface area (TPSA) is 57.4 Å². The van der Waals surface area contributed by atoms with Gasteiger partial charge in [0, 0.05) is 60.3 Å². The molecule has 0 atom stereocenters. The first-order chi connectivity index (χ1) is 12.7. The highest BCUT2D eigenvalue weighted by Crippen LogP contribution is 2.27. The van der Waals surface area contributed by atoms with Gasteiger partial charge in [-0.25, -0.2) is 0 Å². The van der Waals surface area contributed by atoms with E-state index in [4.69, 9.17) is 4.74 Å². The third kappa shape index (κ3) is 3.25. The van der Waals surface area contributed by atoms with Crippen LogP contribution in [0.15, 0.2) is 48.5 Å². The maximum atomic E-state index is 12.6. The zero-order chi connectivity index (χ0) is 17.9. The number of aromatic amines is 1. The van der Waals surface area contributed by atoms with Gasteiger partial charge in [0.25, 0.3) is 0 Å². The Kier molecular flexibility index (Phi) is 4.52. The van der Waals surface area contributed by atoms with Crippen molar-refractivity contribution in [1.82, 2.24) is 9.88 Å². The zero-order valence-electron chi connectivity index (χ0n) is 14.9. The van der Waals surface area contributed by atoms with E-state index < -0.39 is 0 Å². The van der Waals surface area contributed by atoms with Gasteiger partial charge >= 0.3 is 0 Å². The van der Waals surface area contributed by atoms with Crippen LogP contribution in [-0.4, -0.2) is 36.0 Å². The monoisotopic (exact) mass is 349 g/mol. The number of carbonyl (C=O) groups excluding carboxylic acids is 1. The van der Waals surface area contributed by atoms with Gasteiger partial charge in [0.2, 0.25) is 5.91 Å². The summed E-state index contributed by atoms with van der Waals surface area (Å²) < 4.78 is 5.15. The molecular formula is C21H23N3O2. The van der Waals surface area contributed by atoms with Crippen LogP contribution in [0, 0.1) is 0 Å². The van der Waals surface area contributed by atoms with Gasteiger partial charge in [-0.3, -0.25) is 4.79 Å². The Morgan fingerprint density at radius 3 is 2.81 bits per heavy atom. The van der Waals surface area contributed by atoms with Crippen LogP contribution in [-0.2, 0) is 17.8 Å². The van der Waals surface area contributed by atoms with Crippen molar-refractivity contribution in [2.45, 2.75) is 19.4 Å². The molecule has 0 fully saturated rings. The van der Waals surface area contributed by atoms with Crippen LogP contribution in [0.25, 0.3) is 10.9 Å². The minimum Gasteiger partial charge on any atom is -0.497 e. The van der Waals surface area contributed by atoms with Gasteiger partial charge in [0.1, 0.15) is 5.75 Å². The van der Waals surface area contributed by atoms with E-state index in [9.17, 15) is 4.79 Å². The summed E-state index contributed by atoms with van der Waals surface area (Å²) in [6.07, 6.45) is 1.38. The second-order valence-corrected chi connectivity index (χ2v) is 6.60. The number of benzene rings is 2. The molecule has 1 aromatic heterocycles. The Morgan fingerprint density at radius 2 is 2.00 bits per heavy atom. The van der Waals surface area contributed by atoms with Crippen molar-refractivity contribution in [2.75, 3.05) is 25.5 Å². The molecule has 0 bridgehead atoms. The van der Waals surface area contributed by atoms with Gasteiger partial charge in [-0.15, -0.1) is 0 Å². The number of anilines is 1. The summed E-state index contributed by atoms with van der Waals surface area (Å²) in [7, 11) is 1.65. The molecule has 26 heavy (non-hydrogen) atoms. The van der Waals surface area contributed by atoms with Gasteiger partial charge in [-0.1, -0.05) is 18.2 Å². The molecule has 1 aliphatic heterocycles. The van der Waals surface area contributed by atoms with Crippen molar-refractivity contribution in [3.8, 4) is 5.75 Å². The third-order valence-electron chi connectivity index (χ3n) is 4.99. The number of nitrogens with zero attached hydrogens (tertiary/aromatic N) is 1. The van der Waals surface area contributed by atoms with Crippen LogP contribution >= 0.6 is 0 Å². The lowest BCUT2D eigenvalue weighted by atomic mass is 10.0. The summed E-state index contributed by atoms with van der Waals surface area (Å²) in [6, 6.07) is 16.1. The van der Waals surface area contributed by atoms with Crippen molar-refractivity contribution in [3.05, 3.63) is 59.8 Å². The summed E-state index contributed by atoms with van der Waals surface area (Å²) in [5, 5.41) is 4.53. The molecule has 0 aliphatic carbocycles. The second-order valence-electron chi connectivity index (χ2n) is 6.60. The van der Waals surface area contributed by atoms with Crippen molar-refractivity contribution in [3.63, 3.8) is 0 Å². The quantitative estimate of drug-likeness (QED) is 0.740. The van der Waals surface area contributed by atoms with Crippen LogP contribution in [0.3, 0.4) is 0 Å². The molecule has 1 amide bonds. The maximum Gasteiger partial charge on any atom is 0.224 e. The summed E-state index contributed by atoms with van der Waals surface area (Å²) in [5.41, 5.74) is 4.69. The first kappa shape index (κ1) is 16.5. The van der Waals surface area contributed by atoms with Gasteiger partial charge in [-0.2, -0.15) is 0 Å². The highest BCUT2D eigenvalue weighted by atomic mass is 16.5. The Balaban J connectivity index is 1.35. The van der Waals surface area contributed by atoms with Crippen molar-refractivity contribution in [2.24, 2.45) is 0 Å². The molecule has 0 spiro atoms. The molecule has 5 heteroatoms.